The van der Waals surface area contributed by atoms with Gasteiger partial charge in [0.25, 0.3) is 0 Å². The van der Waals surface area contributed by atoms with E-state index in [1.807, 2.05) is 11.4 Å². The Labute approximate surface area is 79.7 Å². The zero-order chi connectivity index (χ0) is 8.97. The third-order valence-electron chi connectivity index (χ3n) is 1.47. The maximum Gasteiger partial charge on any atom is 0.0931 e. The zero-order valence-electron chi connectivity index (χ0n) is 6.39. The summed E-state index contributed by atoms with van der Waals surface area (Å²) in [7, 11) is 0. The Bertz CT molecular complexity index is 282. The molecule has 0 radical (unpaired) electrons. The monoisotopic (exact) mass is 205 g/mol. The Morgan fingerprint density at radius 2 is 2.50 bits per heavy atom. The third-order valence-corrected chi connectivity index (χ3v) is 2.61. The molecular formula is C8H9ClFNS. The van der Waals surface area contributed by atoms with E-state index in [0.717, 1.165) is 9.90 Å². The summed E-state index contributed by atoms with van der Waals surface area (Å²) >= 11 is 7.15. The van der Waals surface area contributed by atoms with E-state index in [4.69, 9.17) is 17.3 Å². The fourth-order valence-electron chi connectivity index (χ4n) is 0.856. The molecule has 0 saturated heterocycles. The molecule has 4 heteroatoms. The molecule has 0 aliphatic rings. The molecule has 0 aliphatic carbocycles. The summed E-state index contributed by atoms with van der Waals surface area (Å²) in [4.78, 5) is 0. The molecule has 12 heavy (non-hydrogen) atoms. The van der Waals surface area contributed by atoms with Crippen molar-refractivity contribution in [2.45, 2.75) is 6.42 Å². The SMILES string of the molecule is NC/C(=C/F)Cc1csc(Cl)c1. The summed E-state index contributed by atoms with van der Waals surface area (Å²) in [5.41, 5.74) is 6.90. The zero-order valence-corrected chi connectivity index (χ0v) is 7.96. The highest BCUT2D eigenvalue weighted by Gasteiger charge is 2.00. The molecule has 2 N–H and O–H groups in total. The highest BCUT2D eigenvalue weighted by atomic mass is 35.5. The van der Waals surface area contributed by atoms with Crippen molar-refractivity contribution in [1.82, 2.24) is 0 Å². The molecule has 1 rings (SSSR count). The Morgan fingerprint density at radius 3 is 2.92 bits per heavy atom. The second-order valence-corrected chi connectivity index (χ2v) is 3.95. The van der Waals surface area contributed by atoms with Gasteiger partial charge in [-0.3, -0.25) is 0 Å². The van der Waals surface area contributed by atoms with Gasteiger partial charge >= 0.3 is 0 Å². The first-order valence-electron chi connectivity index (χ1n) is 3.47. The number of hydrogen-bond acceptors (Lipinski definition) is 2. The molecule has 0 bridgehead atoms. The van der Waals surface area contributed by atoms with Gasteiger partial charge in [-0.2, -0.15) is 0 Å². The molecule has 0 saturated carbocycles. The van der Waals surface area contributed by atoms with Crippen molar-refractivity contribution in [3.8, 4) is 0 Å². The normalized spacial score (nSPS) is 12.1. The van der Waals surface area contributed by atoms with E-state index in [1.54, 1.807) is 0 Å². The standard InChI is InChI=1S/C8H9ClFNS/c9-8-2-6(5-12-8)1-7(3-10)4-11/h2-3,5H,1,4,11H2/b7-3+. The van der Waals surface area contributed by atoms with Gasteiger partial charge in [0.2, 0.25) is 0 Å². The molecular weight excluding hydrogens is 197 g/mol. The van der Waals surface area contributed by atoms with E-state index in [1.165, 1.54) is 11.3 Å². The van der Waals surface area contributed by atoms with Gasteiger partial charge in [0.1, 0.15) is 0 Å². The fourth-order valence-corrected chi connectivity index (χ4v) is 1.76. The first-order chi connectivity index (χ1) is 5.76. The van der Waals surface area contributed by atoms with Crippen molar-refractivity contribution < 1.29 is 4.39 Å². The lowest BCUT2D eigenvalue weighted by atomic mass is 10.1. The van der Waals surface area contributed by atoms with E-state index >= 15 is 0 Å². The summed E-state index contributed by atoms with van der Waals surface area (Å²) < 4.78 is 12.8. The van der Waals surface area contributed by atoms with Crippen molar-refractivity contribution >= 4 is 22.9 Å². The van der Waals surface area contributed by atoms with Gasteiger partial charge in [-0.25, -0.2) is 4.39 Å². The van der Waals surface area contributed by atoms with Crippen LogP contribution in [0.5, 0.6) is 0 Å². The number of nitrogens with two attached hydrogens (primary N) is 1. The predicted octanol–water partition coefficient (Wildman–Crippen LogP) is 2.76. The summed E-state index contributed by atoms with van der Waals surface area (Å²) in [6, 6.07) is 1.82. The molecule has 0 aromatic carbocycles. The van der Waals surface area contributed by atoms with Crippen molar-refractivity contribution in [3.63, 3.8) is 0 Å². The number of thiophene rings is 1. The molecule has 0 unspecified atom stereocenters. The molecule has 0 aliphatic heterocycles. The minimum atomic E-state index is 0.254. The van der Waals surface area contributed by atoms with Crippen LogP contribution < -0.4 is 5.73 Å². The van der Waals surface area contributed by atoms with Gasteiger partial charge in [-0.05, 0) is 29.0 Å². The van der Waals surface area contributed by atoms with E-state index in [-0.39, 0.29) is 6.54 Å². The van der Waals surface area contributed by atoms with Gasteiger partial charge in [0.15, 0.2) is 0 Å². The van der Waals surface area contributed by atoms with Crippen LogP contribution in [-0.2, 0) is 6.42 Å². The number of halogens is 2. The highest BCUT2D eigenvalue weighted by molar-refractivity contribution is 7.14. The molecule has 1 heterocycles. The number of rotatable bonds is 3. The fraction of sp³-hybridized carbons (Fsp3) is 0.250. The Hall–Kier alpha value is -0.380. The lowest BCUT2D eigenvalue weighted by molar-refractivity contribution is 0.700. The van der Waals surface area contributed by atoms with Crippen LogP contribution >= 0.6 is 22.9 Å². The van der Waals surface area contributed by atoms with Crippen LogP contribution in [0.25, 0.3) is 0 Å². The maximum absolute atomic E-state index is 12.1. The smallest absolute Gasteiger partial charge is 0.0931 e. The van der Waals surface area contributed by atoms with E-state index in [9.17, 15) is 4.39 Å². The van der Waals surface area contributed by atoms with E-state index in [0.29, 0.717) is 18.3 Å². The molecule has 1 aromatic rings. The van der Waals surface area contributed by atoms with Crippen LogP contribution in [0.2, 0.25) is 4.34 Å². The summed E-state index contributed by atoms with van der Waals surface area (Å²) in [5.74, 6) is 0. The molecule has 1 nitrogen and oxygen atoms in total. The van der Waals surface area contributed by atoms with Gasteiger partial charge in [-0.1, -0.05) is 11.6 Å². The quantitative estimate of drug-likeness (QED) is 0.807. The van der Waals surface area contributed by atoms with Crippen LogP contribution in [0.4, 0.5) is 4.39 Å². The average molecular weight is 206 g/mol. The molecule has 0 spiro atoms. The van der Waals surface area contributed by atoms with Crippen molar-refractivity contribution in [3.05, 3.63) is 33.2 Å². The van der Waals surface area contributed by atoms with Crippen molar-refractivity contribution in [2.75, 3.05) is 6.54 Å². The minimum absolute atomic E-state index is 0.254. The Kier molecular flexibility index (Phi) is 3.72. The number of hydrogen-bond donors (Lipinski definition) is 1. The minimum Gasteiger partial charge on any atom is -0.327 e. The van der Waals surface area contributed by atoms with Gasteiger partial charge < -0.3 is 5.73 Å². The van der Waals surface area contributed by atoms with E-state index < -0.39 is 0 Å². The molecule has 0 fully saturated rings. The van der Waals surface area contributed by atoms with Crippen LogP contribution in [-0.4, -0.2) is 6.54 Å². The van der Waals surface area contributed by atoms with Gasteiger partial charge in [-0.15, -0.1) is 11.3 Å². The first-order valence-corrected chi connectivity index (χ1v) is 4.73. The van der Waals surface area contributed by atoms with Crippen LogP contribution in [0.3, 0.4) is 0 Å². The lowest BCUT2D eigenvalue weighted by Gasteiger charge is -1.98. The summed E-state index contributed by atoms with van der Waals surface area (Å²) in [5, 5.41) is 1.90. The molecule has 0 amide bonds. The van der Waals surface area contributed by atoms with Gasteiger partial charge in [0.05, 0.1) is 10.7 Å². The molecule has 1 aromatic heterocycles. The topological polar surface area (TPSA) is 26.0 Å². The second kappa shape index (κ2) is 4.60. The van der Waals surface area contributed by atoms with Crippen LogP contribution in [0.15, 0.2) is 23.3 Å². The second-order valence-electron chi connectivity index (χ2n) is 2.41. The highest BCUT2D eigenvalue weighted by Crippen LogP contribution is 2.21. The van der Waals surface area contributed by atoms with E-state index in [2.05, 4.69) is 0 Å². The van der Waals surface area contributed by atoms with Crippen LogP contribution in [0, 0.1) is 0 Å². The first kappa shape index (κ1) is 9.71. The maximum atomic E-state index is 12.1. The predicted molar refractivity (Wildman–Crippen MR) is 51.3 cm³/mol. The third kappa shape index (κ3) is 2.59. The largest absolute Gasteiger partial charge is 0.327 e. The average Bonchev–Trinajstić information content (AvgIpc) is 2.47. The van der Waals surface area contributed by atoms with Crippen molar-refractivity contribution in [1.29, 1.82) is 0 Å². The Morgan fingerprint density at radius 1 is 1.75 bits per heavy atom. The Balaban J connectivity index is 2.63. The molecule has 0 atom stereocenters. The van der Waals surface area contributed by atoms with Crippen molar-refractivity contribution in [2.24, 2.45) is 5.73 Å². The van der Waals surface area contributed by atoms with Crippen LogP contribution in [0.1, 0.15) is 5.56 Å². The summed E-state index contributed by atoms with van der Waals surface area (Å²) in [6.07, 6.45) is 1.11. The van der Waals surface area contributed by atoms with Gasteiger partial charge in [0, 0.05) is 6.54 Å². The molecule has 66 valence electrons. The lowest BCUT2D eigenvalue weighted by Crippen LogP contribution is -2.04. The summed E-state index contributed by atoms with van der Waals surface area (Å²) in [6.45, 7) is 0.254.